The van der Waals surface area contributed by atoms with Gasteiger partial charge in [0.1, 0.15) is 17.6 Å². The van der Waals surface area contributed by atoms with E-state index in [1.165, 1.54) is 4.57 Å². The van der Waals surface area contributed by atoms with Gasteiger partial charge in [-0.1, -0.05) is 0 Å². The quantitative estimate of drug-likeness (QED) is 0.603. The van der Waals surface area contributed by atoms with Crippen molar-refractivity contribution in [2.24, 2.45) is 0 Å². The number of nitrogens with zero attached hydrogens (tertiary/aromatic N) is 1. The van der Waals surface area contributed by atoms with Crippen LogP contribution in [0.5, 0.6) is 11.5 Å². The van der Waals surface area contributed by atoms with E-state index in [1.54, 1.807) is 24.3 Å². The number of rotatable bonds is 5. The second-order valence-corrected chi connectivity index (χ2v) is 7.60. The van der Waals surface area contributed by atoms with Crippen LogP contribution in [0.3, 0.4) is 0 Å². The normalized spacial score (nSPS) is 15.0. The number of carbonyl (C=O) groups excluding carboxylic acids is 1. The third-order valence-corrected chi connectivity index (χ3v) is 5.43. The highest BCUT2D eigenvalue weighted by Crippen LogP contribution is 2.38. The highest BCUT2D eigenvalue weighted by Gasteiger charge is 2.23. The fourth-order valence-electron chi connectivity index (χ4n) is 3.69. The molecular weight excluding hydrogens is 402 g/mol. The lowest BCUT2D eigenvalue weighted by atomic mass is 10.1. The number of amides is 1. The molecule has 0 aliphatic carbocycles. The number of benzene rings is 2. The fourth-order valence-corrected chi connectivity index (χ4v) is 4.01. The number of aromatic amines is 1. The largest absolute Gasteiger partial charge is 0.492 e. The molecular formula is C22H23N3O4S. The minimum atomic E-state index is -0.317. The van der Waals surface area contributed by atoms with Gasteiger partial charge in [-0.2, -0.15) is 0 Å². The molecule has 1 aliphatic rings. The lowest BCUT2D eigenvalue weighted by Crippen LogP contribution is -2.21. The molecule has 1 amide bonds. The topological polar surface area (TPSA) is 85.4 Å². The number of H-pyrrole nitrogens is 1. The average molecular weight is 426 g/mol. The Labute approximate surface area is 178 Å². The number of nitrogens with one attached hydrogen (secondary N) is 2. The molecule has 2 heterocycles. The first kappa shape index (κ1) is 20.2. The van der Waals surface area contributed by atoms with Gasteiger partial charge >= 0.3 is 0 Å². The molecule has 156 valence electrons. The summed E-state index contributed by atoms with van der Waals surface area (Å²) in [7, 11) is 0. The maximum Gasteiger partial charge on any atom is 0.262 e. The molecule has 30 heavy (non-hydrogen) atoms. The Bertz CT molecular complexity index is 1260. The SMILES string of the molecule is CCOc1cc2c(cc1NC(=O)c1ccc3c(=O)n(CC)c(=S)[nH]c3c1)OC(C)C2. The Kier molecular flexibility index (Phi) is 5.34. The predicted molar refractivity (Wildman–Crippen MR) is 118 cm³/mol. The maximum absolute atomic E-state index is 12.9. The molecule has 0 fully saturated rings. The van der Waals surface area contributed by atoms with Crippen LogP contribution in [0, 0.1) is 4.77 Å². The molecule has 0 saturated carbocycles. The first-order valence-electron chi connectivity index (χ1n) is 9.95. The lowest BCUT2D eigenvalue weighted by Gasteiger charge is -2.14. The third-order valence-electron chi connectivity index (χ3n) is 5.11. The van der Waals surface area contributed by atoms with E-state index in [9.17, 15) is 9.59 Å². The van der Waals surface area contributed by atoms with Crippen molar-refractivity contribution >= 4 is 34.7 Å². The van der Waals surface area contributed by atoms with Crippen LogP contribution < -0.4 is 20.3 Å². The summed E-state index contributed by atoms with van der Waals surface area (Å²) in [6.07, 6.45) is 0.902. The Balaban J connectivity index is 1.69. The van der Waals surface area contributed by atoms with E-state index >= 15 is 0 Å². The van der Waals surface area contributed by atoms with Crippen molar-refractivity contribution in [3.63, 3.8) is 0 Å². The first-order valence-corrected chi connectivity index (χ1v) is 10.4. The minimum absolute atomic E-state index is 0.0937. The second-order valence-electron chi connectivity index (χ2n) is 7.22. The number of fused-ring (bicyclic) bond motifs is 2. The van der Waals surface area contributed by atoms with Gasteiger partial charge < -0.3 is 19.8 Å². The van der Waals surface area contributed by atoms with Crippen LogP contribution in [0.15, 0.2) is 35.1 Å². The van der Waals surface area contributed by atoms with E-state index in [0.29, 0.717) is 45.8 Å². The monoisotopic (exact) mass is 425 g/mol. The molecule has 3 aromatic rings. The van der Waals surface area contributed by atoms with E-state index in [4.69, 9.17) is 21.7 Å². The molecule has 0 radical (unpaired) electrons. The average Bonchev–Trinajstić information content (AvgIpc) is 3.07. The predicted octanol–water partition coefficient (Wildman–Crippen LogP) is 4.05. The van der Waals surface area contributed by atoms with Gasteiger partial charge in [0, 0.05) is 30.2 Å². The number of hydrogen-bond donors (Lipinski definition) is 2. The molecule has 1 atom stereocenters. The lowest BCUT2D eigenvalue weighted by molar-refractivity contribution is 0.102. The van der Waals surface area contributed by atoms with Crippen molar-refractivity contribution < 1.29 is 14.3 Å². The van der Waals surface area contributed by atoms with Gasteiger partial charge in [-0.05, 0) is 57.3 Å². The summed E-state index contributed by atoms with van der Waals surface area (Å²) >= 11 is 5.26. The van der Waals surface area contributed by atoms with Crippen molar-refractivity contribution in [3.05, 3.63) is 56.6 Å². The Morgan fingerprint density at radius 1 is 1.33 bits per heavy atom. The van der Waals surface area contributed by atoms with Crippen molar-refractivity contribution in [2.75, 3.05) is 11.9 Å². The van der Waals surface area contributed by atoms with Crippen LogP contribution in [-0.4, -0.2) is 28.2 Å². The van der Waals surface area contributed by atoms with Crippen molar-refractivity contribution in [2.45, 2.75) is 39.8 Å². The molecule has 0 spiro atoms. The van der Waals surface area contributed by atoms with Crippen molar-refractivity contribution in [3.8, 4) is 11.5 Å². The Morgan fingerprint density at radius 3 is 2.87 bits per heavy atom. The molecule has 2 aromatic carbocycles. The van der Waals surface area contributed by atoms with Crippen LogP contribution in [0.4, 0.5) is 5.69 Å². The second kappa shape index (κ2) is 7.95. The molecule has 1 aromatic heterocycles. The molecule has 4 rings (SSSR count). The van der Waals surface area contributed by atoms with E-state index in [1.807, 2.05) is 26.8 Å². The number of ether oxygens (including phenoxy) is 2. The van der Waals surface area contributed by atoms with Crippen LogP contribution >= 0.6 is 12.2 Å². The molecule has 7 nitrogen and oxygen atoms in total. The highest BCUT2D eigenvalue weighted by molar-refractivity contribution is 7.71. The fraction of sp³-hybridized carbons (Fsp3) is 0.318. The van der Waals surface area contributed by atoms with Gasteiger partial charge in [-0.25, -0.2) is 0 Å². The van der Waals surface area contributed by atoms with Crippen LogP contribution in [-0.2, 0) is 13.0 Å². The summed E-state index contributed by atoms with van der Waals surface area (Å²) in [5.41, 5.74) is 2.36. The van der Waals surface area contributed by atoms with Gasteiger partial charge in [-0.15, -0.1) is 0 Å². The summed E-state index contributed by atoms with van der Waals surface area (Å²) in [5.74, 6) is 1.04. The van der Waals surface area contributed by atoms with Gasteiger partial charge in [0.25, 0.3) is 11.5 Å². The van der Waals surface area contributed by atoms with Crippen LogP contribution in [0.2, 0.25) is 0 Å². The highest BCUT2D eigenvalue weighted by atomic mass is 32.1. The number of hydrogen-bond acceptors (Lipinski definition) is 5. The molecule has 1 aliphatic heterocycles. The number of aromatic nitrogens is 2. The molecule has 0 bridgehead atoms. The standard InChI is InChI=1S/C22H23N3O4S/c1-4-25-21(27)15-7-6-13(9-16(15)24-22(25)30)20(26)23-17-11-18-14(8-12(3)29-18)10-19(17)28-5-2/h6-7,9-12H,4-5,8H2,1-3H3,(H,23,26)(H,24,30). The van der Waals surface area contributed by atoms with Gasteiger partial charge in [-0.3, -0.25) is 14.2 Å². The molecule has 2 N–H and O–H groups in total. The summed E-state index contributed by atoms with van der Waals surface area (Å²) in [4.78, 5) is 28.5. The van der Waals surface area contributed by atoms with Crippen molar-refractivity contribution in [1.29, 1.82) is 0 Å². The zero-order valence-electron chi connectivity index (χ0n) is 17.1. The summed E-state index contributed by atoms with van der Waals surface area (Å²) in [5, 5.41) is 3.39. The summed E-state index contributed by atoms with van der Waals surface area (Å²) < 4.78 is 13.4. The van der Waals surface area contributed by atoms with Gasteiger partial charge in [0.15, 0.2) is 4.77 Å². The number of anilines is 1. The molecule has 8 heteroatoms. The van der Waals surface area contributed by atoms with E-state index in [0.717, 1.165) is 17.7 Å². The zero-order valence-corrected chi connectivity index (χ0v) is 17.9. The first-order chi connectivity index (χ1) is 14.4. The smallest absolute Gasteiger partial charge is 0.262 e. The molecule has 0 saturated heterocycles. The Morgan fingerprint density at radius 2 is 2.13 bits per heavy atom. The van der Waals surface area contributed by atoms with Crippen LogP contribution in [0.1, 0.15) is 36.7 Å². The summed E-state index contributed by atoms with van der Waals surface area (Å²) in [6, 6.07) is 8.62. The maximum atomic E-state index is 12.9. The van der Waals surface area contributed by atoms with Gasteiger partial charge in [0.2, 0.25) is 0 Å². The number of carbonyl (C=O) groups is 1. The minimum Gasteiger partial charge on any atom is -0.492 e. The van der Waals surface area contributed by atoms with E-state index in [-0.39, 0.29) is 17.6 Å². The van der Waals surface area contributed by atoms with Crippen molar-refractivity contribution in [1.82, 2.24) is 9.55 Å². The summed E-state index contributed by atoms with van der Waals surface area (Å²) in [6.45, 7) is 6.71. The van der Waals surface area contributed by atoms with Crippen LogP contribution in [0.25, 0.3) is 10.9 Å². The van der Waals surface area contributed by atoms with Gasteiger partial charge in [0.05, 0.1) is 23.2 Å². The third kappa shape index (κ3) is 3.59. The zero-order chi connectivity index (χ0) is 21.4. The van der Waals surface area contributed by atoms with E-state index in [2.05, 4.69) is 10.3 Å². The Hall–Kier alpha value is -3.13. The van der Waals surface area contributed by atoms with E-state index < -0.39 is 0 Å². The molecule has 1 unspecified atom stereocenters.